The molecule has 0 N–H and O–H groups in total. The van der Waals surface area contributed by atoms with E-state index >= 15 is 0 Å². The van der Waals surface area contributed by atoms with E-state index in [9.17, 15) is 18.4 Å². The summed E-state index contributed by atoms with van der Waals surface area (Å²) in [6.45, 7) is -2.81. The molecule has 3 rings (SSSR count). The van der Waals surface area contributed by atoms with Gasteiger partial charge in [0.15, 0.2) is 15.9 Å². The average molecular weight is 389 g/mol. The summed E-state index contributed by atoms with van der Waals surface area (Å²) in [6, 6.07) is 0. The summed E-state index contributed by atoms with van der Waals surface area (Å²) >= 11 is 3.20. The number of rotatable bonds is 3. The summed E-state index contributed by atoms with van der Waals surface area (Å²) in [5, 5.41) is 0. The van der Waals surface area contributed by atoms with E-state index in [1.165, 1.54) is 29.4 Å². The minimum Gasteiger partial charge on any atom is -0.297 e. The van der Waals surface area contributed by atoms with Crippen LogP contribution in [0.1, 0.15) is 12.4 Å². The maximum absolute atomic E-state index is 12.9. The van der Waals surface area contributed by atoms with Gasteiger partial charge in [0.05, 0.1) is 6.54 Å². The quantitative estimate of drug-likeness (QED) is 0.622. The number of hydrogen-bond acceptors (Lipinski definition) is 4. The van der Waals surface area contributed by atoms with Gasteiger partial charge >= 0.3 is 12.2 Å². The van der Waals surface area contributed by atoms with Gasteiger partial charge in [0, 0.05) is 26.5 Å². The number of aromatic nitrogens is 6. The molecule has 0 bridgehead atoms. The molecule has 0 atom stereocenters. The summed E-state index contributed by atoms with van der Waals surface area (Å²) < 4.78 is 30.5. The standard InChI is InChI=1S/C12H11BrF2N6O2/c1-18-8-7(9(22)19(2)12(18)23)17-10(13)21(8)5-6-16-3-4-20(6)11(14)15/h3-4,11H,5H2,1-2H3. The molecule has 11 heteroatoms. The van der Waals surface area contributed by atoms with Crippen LogP contribution in [0.4, 0.5) is 8.78 Å². The summed E-state index contributed by atoms with van der Waals surface area (Å²) in [5.41, 5.74) is -0.793. The first-order valence-electron chi connectivity index (χ1n) is 6.44. The van der Waals surface area contributed by atoms with E-state index in [1.54, 1.807) is 0 Å². The van der Waals surface area contributed by atoms with Gasteiger partial charge in [-0.1, -0.05) is 0 Å². The molecule has 0 aliphatic rings. The molecule has 0 aromatic carbocycles. The van der Waals surface area contributed by atoms with Crippen LogP contribution in [0.25, 0.3) is 11.2 Å². The zero-order chi connectivity index (χ0) is 16.9. The first kappa shape index (κ1) is 15.6. The Morgan fingerprint density at radius 2 is 1.96 bits per heavy atom. The van der Waals surface area contributed by atoms with Gasteiger partial charge in [0.25, 0.3) is 5.56 Å². The highest BCUT2D eigenvalue weighted by molar-refractivity contribution is 9.10. The Morgan fingerprint density at radius 3 is 2.61 bits per heavy atom. The highest BCUT2D eigenvalue weighted by atomic mass is 79.9. The van der Waals surface area contributed by atoms with Crippen molar-refractivity contribution in [2.75, 3.05) is 0 Å². The van der Waals surface area contributed by atoms with E-state index in [1.807, 2.05) is 0 Å². The minimum atomic E-state index is -2.74. The maximum Gasteiger partial charge on any atom is 0.332 e. The fraction of sp³-hybridized carbons (Fsp3) is 0.333. The van der Waals surface area contributed by atoms with Crippen LogP contribution in [-0.2, 0) is 20.6 Å². The first-order chi connectivity index (χ1) is 10.8. The van der Waals surface area contributed by atoms with Crippen LogP contribution in [0.5, 0.6) is 0 Å². The minimum absolute atomic E-state index is 0.0663. The molecule has 3 aromatic heterocycles. The topological polar surface area (TPSA) is 79.6 Å². The molecule has 3 heterocycles. The zero-order valence-corrected chi connectivity index (χ0v) is 13.7. The average Bonchev–Trinajstić information content (AvgIpc) is 3.09. The van der Waals surface area contributed by atoms with Crippen molar-refractivity contribution in [1.29, 1.82) is 0 Å². The van der Waals surface area contributed by atoms with Gasteiger partial charge in [-0.05, 0) is 15.9 Å². The van der Waals surface area contributed by atoms with Gasteiger partial charge in [-0.3, -0.25) is 23.1 Å². The van der Waals surface area contributed by atoms with E-state index in [0.29, 0.717) is 4.57 Å². The van der Waals surface area contributed by atoms with Crippen molar-refractivity contribution in [1.82, 2.24) is 28.2 Å². The zero-order valence-electron chi connectivity index (χ0n) is 12.1. The third kappa shape index (κ3) is 2.31. The Hall–Kier alpha value is -2.30. The fourth-order valence-corrected chi connectivity index (χ4v) is 2.86. The van der Waals surface area contributed by atoms with Gasteiger partial charge < -0.3 is 0 Å². The second-order valence-corrected chi connectivity index (χ2v) is 5.58. The number of halogens is 3. The van der Waals surface area contributed by atoms with E-state index in [0.717, 1.165) is 10.8 Å². The lowest BCUT2D eigenvalue weighted by Gasteiger charge is -2.11. The lowest BCUT2D eigenvalue weighted by Crippen LogP contribution is -2.37. The summed E-state index contributed by atoms with van der Waals surface area (Å²) in [4.78, 5) is 32.2. The van der Waals surface area contributed by atoms with Gasteiger partial charge in [-0.15, -0.1) is 0 Å². The van der Waals surface area contributed by atoms with Crippen molar-refractivity contribution in [3.8, 4) is 0 Å². The molecule has 0 aliphatic carbocycles. The molecule has 3 aromatic rings. The number of nitrogens with zero attached hydrogens (tertiary/aromatic N) is 6. The largest absolute Gasteiger partial charge is 0.332 e. The number of alkyl halides is 2. The van der Waals surface area contributed by atoms with E-state index in [4.69, 9.17) is 0 Å². The van der Waals surface area contributed by atoms with Gasteiger partial charge in [-0.25, -0.2) is 14.8 Å². The Morgan fingerprint density at radius 1 is 1.26 bits per heavy atom. The smallest absolute Gasteiger partial charge is 0.297 e. The van der Waals surface area contributed by atoms with Crippen molar-refractivity contribution in [3.05, 3.63) is 43.8 Å². The highest BCUT2D eigenvalue weighted by Gasteiger charge is 2.20. The normalized spacial score (nSPS) is 11.7. The summed E-state index contributed by atoms with van der Waals surface area (Å²) in [7, 11) is 2.83. The van der Waals surface area contributed by atoms with Crippen molar-refractivity contribution in [2.45, 2.75) is 13.1 Å². The van der Waals surface area contributed by atoms with E-state index in [-0.39, 0.29) is 28.3 Å². The van der Waals surface area contributed by atoms with Gasteiger partial charge in [0.2, 0.25) is 0 Å². The Kier molecular flexibility index (Phi) is 3.66. The predicted octanol–water partition coefficient (Wildman–Crippen LogP) is 0.836. The molecule has 8 nitrogen and oxygen atoms in total. The number of imidazole rings is 2. The van der Waals surface area contributed by atoms with E-state index in [2.05, 4.69) is 25.9 Å². The van der Waals surface area contributed by atoms with Crippen molar-refractivity contribution in [2.24, 2.45) is 14.1 Å². The summed E-state index contributed by atoms with van der Waals surface area (Å²) in [5.74, 6) is 0.0770. The van der Waals surface area contributed by atoms with Crippen LogP contribution >= 0.6 is 15.9 Å². The molecular weight excluding hydrogens is 378 g/mol. The molecule has 122 valence electrons. The van der Waals surface area contributed by atoms with Crippen molar-refractivity contribution in [3.63, 3.8) is 0 Å². The third-order valence-electron chi connectivity index (χ3n) is 3.55. The van der Waals surface area contributed by atoms with E-state index < -0.39 is 17.8 Å². The SMILES string of the molecule is Cn1c(=O)c2nc(Br)n(Cc3nccn3C(F)F)c2n(C)c1=O. The molecule has 0 fully saturated rings. The second-order valence-electron chi connectivity index (χ2n) is 4.87. The molecule has 0 unspecified atom stereocenters. The van der Waals surface area contributed by atoms with Gasteiger partial charge in [0.1, 0.15) is 5.82 Å². The van der Waals surface area contributed by atoms with Crippen LogP contribution in [0.2, 0.25) is 0 Å². The van der Waals surface area contributed by atoms with Crippen LogP contribution in [0.3, 0.4) is 0 Å². The Balaban J connectivity index is 2.27. The second kappa shape index (κ2) is 5.41. The molecule has 0 saturated carbocycles. The molecular formula is C12H11BrF2N6O2. The monoisotopic (exact) mass is 388 g/mol. The van der Waals surface area contributed by atoms with Crippen molar-refractivity contribution >= 4 is 27.1 Å². The Bertz CT molecular complexity index is 1020. The van der Waals surface area contributed by atoms with Crippen LogP contribution in [0.15, 0.2) is 26.7 Å². The van der Waals surface area contributed by atoms with Crippen LogP contribution < -0.4 is 11.2 Å². The third-order valence-corrected chi connectivity index (χ3v) is 4.16. The first-order valence-corrected chi connectivity index (χ1v) is 7.23. The number of hydrogen-bond donors (Lipinski definition) is 0. The molecule has 0 saturated heterocycles. The van der Waals surface area contributed by atoms with Crippen molar-refractivity contribution < 1.29 is 8.78 Å². The Labute approximate surface area is 135 Å². The van der Waals surface area contributed by atoms with Crippen LogP contribution in [-0.4, -0.2) is 28.2 Å². The van der Waals surface area contributed by atoms with Crippen LogP contribution in [0, 0.1) is 0 Å². The number of fused-ring (bicyclic) bond motifs is 1. The molecule has 0 amide bonds. The molecule has 0 spiro atoms. The summed E-state index contributed by atoms with van der Waals surface area (Å²) in [6.07, 6.45) is 2.41. The highest BCUT2D eigenvalue weighted by Crippen LogP contribution is 2.20. The van der Waals surface area contributed by atoms with Gasteiger partial charge in [-0.2, -0.15) is 8.78 Å². The maximum atomic E-state index is 12.9. The fourth-order valence-electron chi connectivity index (χ4n) is 2.39. The molecule has 0 radical (unpaired) electrons. The molecule has 0 aliphatic heterocycles. The lowest BCUT2D eigenvalue weighted by molar-refractivity contribution is 0.0667. The predicted molar refractivity (Wildman–Crippen MR) is 80.5 cm³/mol. The lowest BCUT2D eigenvalue weighted by atomic mass is 10.5. The molecule has 23 heavy (non-hydrogen) atoms. The number of aryl methyl sites for hydroxylation is 1.